The second-order valence-electron chi connectivity index (χ2n) is 4.83. The van der Waals surface area contributed by atoms with Gasteiger partial charge in [-0.05, 0) is 53.4 Å². The summed E-state index contributed by atoms with van der Waals surface area (Å²) < 4.78 is 0. The molecule has 1 aliphatic heterocycles. The van der Waals surface area contributed by atoms with Crippen molar-refractivity contribution in [2.24, 2.45) is 5.73 Å². The fourth-order valence-electron chi connectivity index (χ4n) is 2.24. The third-order valence-electron chi connectivity index (χ3n) is 3.07. The second-order valence-corrected chi connectivity index (χ2v) is 4.83. The minimum Gasteiger partial charge on any atom is -0.327 e. The number of nitrogens with zero attached hydrogens (tertiary/aromatic N) is 2. The summed E-state index contributed by atoms with van der Waals surface area (Å²) in [6.07, 6.45) is 3.94. The largest absolute Gasteiger partial charge is 0.327 e. The van der Waals surface area contributed by atoms with Crippen LogP contribution < -0.4 is 5.73 Å². The molecule has 1 rings (SSSR count). The smallest absolute Gasteiger partial charge is 0.0139 e. The highest BCUT2D eigenvalue weighted by Gasteiger charge is 2.18. The summed E-state index contributed by atoms with van der Waals surface area (Å²) in [7, 11) is 4.37. The van der Waals surface area contributed by atoms with Crippen LogP contribution >= 0.6 is 0 Å². The molecule has 84 valence electrons. The highest BCUT2D eigenvalue weighted by molar-refractivity contribution is 4.75. The van der Waals surface area contributed by atoms with Gasteiger partial charge in [-0.3, -0.25) is 0 Å². The Morgan fingerprint density at radius 2 is 2.07 bits per heavy atom. The van der Waals surface area contributed by atoms with E-state index in [0.29, 0.717) is 6.04 Å². The molecule has 0 spiro atoms. The lowest BCUT2D eigenvalue weighted by Gasteiger charge is -2.24. The molecular formula is C11H25N3. The summed E-state index contributed by atoms with van der Waals surface area (Å²) >= 11 is 0. The highest BCUT2D eigenvalue weighted by atomic mass is 15.2. The van der Waals surface area contributed by atoms with Crippen molar-refractivity contribution in [2.45, 2.75) is 38.3 Å². The monoisotopic (exact) mass is 199 g/mol. The lowest BCUT2D eigenvalue weighted by molar-refractivity contribution is 0.244. The third kappa shape index (κ3) is 3.95. The van der Waals surface area contributed by atoms with E-state index >= 15 is 0 Å². The summed E-state index contributed by atoms with van der Waals surface area (Å²) in [5, 5.41) is 0. The Morgan fingerprint density at radius 1 is 1.36 bits per heavy atom. The molecule has 1 saturated heterocycles. The highest BCUT2D eigenvalue weighted by Crippen LogP contribution is 2.14. The maximum absolute atomic E-state index is 5.82. The zero-order valence-corrected chi connectivity index (χ0v) is 9.87. The first kappa shape index (κ1) is 12.0. The molecule has 0 aromatic rings. The third-order valence-corrected chi connectivity index (χ3v) is 3.07. The molecule has 0 aliphatic carbocycles. The van der Waals surface area contributed by atoms with Crippen molar-refractivity contribution in [1.29, 1.82) is 0 Å². The first-order valence-corrected chi connectivity index (χ1v) is 5.74. The van der Waals surface area contributed by atoms with Crippen LogP contribution in [0.15, 0.2) is 0 Å². The van der Waals surface area contributed by atoms with E-state index < -0.39 is 0 Å². The molecule has 0 aromatic heterocycles. The van der Waals surface area contributed by atoms with Gasteiger partial charge in [0, 0.05) is 18.6 Å². The van der Waals surface area contributed by atoms with Crippen LogP contribution in [0.4, 0.5) is 0 Å². The average molecular weight is 199 g/mol. The van der Waals surface area contributed by atoms with Crippen LogP contribution in [0.2, 0.25) is 0 Å². The van der Waals surface area contributed by atoms with Crippen LogP contribution in [0, 0.1) is 0 Å². The first-order chi connectivity index (χ1) is 6.59. The average Bonchev–Trinajstić information content (AvgIpc) is 2.28. The van der Waals surface area contributed by atoms with Crippen LogP contribution in [-0.4, -0.2) is 55.6 Å². The Kier molecular flexibility index (Phi) is 4.85. The Hall–Kier alpha value is -0.120. The Morgan fingerprint density at radius 3 is 2.64 bits per heavy atom. The summed E-state index contributed by atoms with van der Waals surface area (Å²) in [5.41, 5.74) is 5.82. The van der Waals surface area contributed by atoms with Crippen LogP contribution in [0.3, 0.4) is 0 Å². The normalized spacial score (nSPS) is 27.6. The van der Waals surface area contributed by atoms with E-state index in [0.717, 1.165) is 12.6 Å². The van der Waals surface area contributed by atoms with Gasteiger partial charge in [0.2, 0.25) is 0 Å². The van der Waals surface area contributed by atoms with E-state index in [9.17, 15) is 0 Å². The Balaban J connectivity index is 2.33. The van der Waals surface area contributed by atoms with Crippen LogP contribution in [-0.2, 0) is 0 Å². The molecule has 2 unspecified atom stereocenters. The summed E-state index contributed by atoms with van der Waals surface area (Å²) in [5.74, 6) is 0. The molecule has 0 amide bonds. The number of nitrogens with two attached hydrogens (primary N) is 1. The van der Waals surface area contributed by atoms with Gasteiger partial charge in [-0.15, -0.1) is 0 Å². The molecule has 0 radical (unpaired) electrons. The molecule has 1 fully saturated rings. The van der Waals surface area contributed by atoms with Crippen molar-refractivity contribution in [3.8, 4) is 0 Å². The fraction of sp³-hybridized carbons (Fsp3) is 1.00. The quantitative estimate of drug-likeness (QED) is 0.728. The Bertz CT molecular complexity index is 157. The molecule has 2 atom stereocenters. The fourth-order valence-corrected chi connectivity index (χ4v) is 2.24. The first-order valence-electron chi connectivity index (χ1n) is 5.74. The second kappa shape index (κ2) is 5.69. The summed E-state index contributed by atoms with van der Waals surface area (Å²) in [6, 6.07) is 1.08. The minimum absolute atomic E-state index is 0.311. The van der Waals surface area contributed by atoms with Crippen molar-refractivity contribution < 1.29 is 0 Å². The minimum atomic E-state index is 0.311. The number of hydrogen-bond acceptors (Lipinski definition) is 3. The van der Waals surface area contributed by atoms with Crippen molar-refractivity contribution in [3.05, 3.63) is 0 Å². The zero-order chi connectivity index (χ0) is 10.6. The predicted octanol–water partition coefficient (Wildman–Crippen LogP) is 0.750. The maximum atomic E-state index is 5.82. The van der Waals surface area contributed by atoms with E-state index in [1.807, 2.05) is 0 Å². The van der Waals surface area contributed by atoms with Crippen molar-refractivity contribution >= 4 is 0 Å². The number of rotatable bonds is 3. The molecular weight excluding hydrogens is 174 g/mol. The number of hydrogen-bond donors (Lipinski definition) is 1. The van der Waals surface area contributed by atoms with Gasteiger partial charge < -0.3 is 15.5 Å². The van der Waals surface area contributed by atoms with Gasteiger partial charge in [-0.25, -0.2) is 0 Å². The van der Waals surface area contributed by atoms with Gasteiger partial charge in [0.05, 0.1) is 0 Å². The Labute approximate surface area is 88.2 Å². The molecule has 3 nitrogen and oxygen atoms in total. The predicted molar refractivity (Wildman–Crippen MR) is 61.4 cm³/mol. The summed E-state index contributed by atoms with van der Waals surface area (Å²) in [4.78, 5) is 4.86. The van der Waals surface area contributed by atoms with Gasteiger partial charge in [0.15, 0.2) is 0 Å². The van der Waals surface area contributed by atoms with Gasteiger partial charge in [-0.2, -0.15) is 0 Å². The lowest BCUT2D eigenvalue weighted by atomic mass is 10.1. The van der Waals surface area contributed by atoms with E-state index in [1.54, 1.807) is 0 Å². The molecule has 3 heteroatoms. The van der Waals surface area contributed by atoms with Crippen LogP contribution in [0.25, 0.3) is 0 Å². The standard InChI is InChI=1S/C11H25N3/c1-10(12)9-14-7-4-5-11(6-8-14)13(2)3/h10-11H,4-9,12H2,1-3H3. The topological polar surface area (TPSA) is 32.5 Å². The molecule has 14 heavy (non-hydrogen) atoms. The van der Waals surface area contributed by atoms with E-state index in [-0.39, 0.29) is 0 Å². The maximum Gasteiger partial charge on any atom is 0.0139 e. The van der Waals surface area contributed by atoms with E-state index in [2.05, 4.69) is 30.8 Å². The SMILES string of the molecule is CC(N)CN1CCCC(N(C)C)CC1. The number of likely N-dealkylation sites (tertiary alicyclic amines) is 1. The van der Waals surface area contributed by atoms with Crippen molar-refractivity contribution in [2.75, 3.05) is 33.7 Å². The van der Waals surface area contributed by atoms with Gasteiger partial charge in [-0.1, -0.05) is 0 Å². The van der Waals surface area contributed by atoms with Gasteiger partial charge >= 0.3 is 0 Å². The molecule has 0 aromatic carbocycles. The summed E-state index contributed by atoms with van der Waals surface area (Å²) in [6.45, 7) is 5.59. The van der Waals surface area contributed by atoms with Crippen molar-refractivity contribution in [3.63, 3.8) is 0 Å². The molecule has 0 saturated carbocycles. The molecule has 1 heterocycles. The van der Waals surface area contributed by atoms with Crippen molar-refractivity contribution in [1.82, 2.24) is 9.80 Å². The molecule has 2 N–H and O–H groups in total. The molecule has 0 bridgehead atoms. The lowest BCUT2D eigenvalue weighted by Crippen LogP contribution is -2.37. The van der Waals surface area contributed by atoms with E-state index in [4.69, 9.17) is 5.73 Å². The molecule has 1 aliphatic rings. The van der Waals surface area contributed by atoms with E-state index in [1.165, 1.54) is 32.4 Å². The van der Waals surface area contributed by atoms with Crippen LogP contribution in [0.5, 0.6) is 0 Å². The van der Waals surface area contributed by atoms with Gasteiger partial charge in [0.25, 0.3) is 0 Å². The van der Waals surface area contributed by atoms with Gasteiger partial charge in [0.1, 0.15) is 0 Å². The zero-order valence-electron chi connectivity index (χ0n) is 9.87. The van der Waals surface area contributed by atoms with Crippen LogP contribution in [0.1, 0.15) is 26.2 Å².